The molecule has 0 aliphatic heterocycles. The molecule has 0 amide bonds. The van der Waals surface area contributed by atoms with E-state index in [9.17, 15) is 4.79 Å². The van der Waals surface area contributed by atoms with E-state index in [1.54, 1.807) is 0 Å². The number of nitrogens with zero attached hydrogens (tertiary/aromatic N) is 1. The summed E-state index contributed by atoms with van der Waals surface area (Å²) in [6.45, 7) is 7.69. The van der Waals surface area contributed by atoms with Crippen molar-refractivity contribution in [2.24, 2.45) is 5.41 Å². The SMILES string of the molecule is CCc1c(C(=O)C(C)(C)C)oc2nc(-c3ccc(Br)cc3Cl)c(-c3ccc(Cl)cc3)cc12. The van der Waals surface area contributed by atoms with Crippen LogP contribution in [0.4, 0.5) is 0 Å². The maximum Gasteiger partial charge on any atom is 0.227 e. The first kappa shape index (κ1) is 23.0. The lowest BCUT2D eigenvalue weighted by Crippen LogP contribution is -2.20. The van der Waals surface area contributed by atoms with Crippen molar-refractivity contribution in [2.75, 3.05) is 0 Å². The van der Waals surface area contributed by atoms with Crippen LogP contribution in [-0.4, -0.2) is 10.8 Å². The number of hydrogen-bond acceptors (Lipinski definition) is 3. The molecule has 0 fully saturated rings. The highest BCUT2D eigenvalue weighted by Crippen LogP contribution is 2.40. The number of aryl methyl sites for hydroxylation is 1. The zero-order chi connectivity index (χ0) is 23.2. The first-order valence-corrected chi connectivity index (χ1v) is 11.9. The van der Waals surface area contributed by atoms with Crippen LogP contribution in [0.2, 0.25) is 10.0 Å². The Morgan fingerprint density at radius 3 is 2.31 bits per heavy atom. The molecule has 164 valence electrons. The highest BCUT2D eigenvalue weighted by Gasteiger charge is 2.30. The van der Waals surface area contributed by atoms with Gasteiger partial charge in [0.25, 0.3) is 0 Å². The molecule has 32 heavy (non-hydrogen) atoms. The summed E-state index contributed by atoms with van der Waals surface area (Å²) in [5.74, 6) is 0.340. The molecule has 4 aromatic rings. The molecule has 0 bridgehead atoms. The Balaban J connectivity index is 2.06. The highest BCUT2D eigenvalue weighted by atomic mass is 79.9. The molecule has 0 saturated carbocycles. The van der Waals surface area contributed by atoms with E-state index < -0.39 is 5.41 Å². The molecular weight excluding hydrogens is 509 g/mol. The number of ketones is 1. The van der Waals surface area contributed by atoms with E-state index in [-0.39, 0.29) is 5.78 Å². The van der Waals surface area contributed by atoms with Crippen LogP contribution in [-0.2, 0) is 6.42 Å². The summed E-state index contributed by atoms with van der Waals surface area (Å²) in [5, 5.41) is 2.05. The lowest BCUT2D eigenvalue weighted by Gasteiger charge is -2.15. The summed E-state index contributed by atoms with van der Waals surface area (Å²) < 4.78 is 6.96. The molecule has 0 saturated heterocycles. The lowest BCUT2D eigenvalue weighted by atomic mass is 9.87. The van der Waals surface area contributed by atoms with Gasteiger partial charge in [0.2, 0.25) is 11.5 Å². The van der Waals surface area contributed by atoms with Gasteiger partial charge in [-0.1, -0.05) is 85.0 Å². The summed E-state index contributed by atoms with van der Waals surface area (Å²) in [5.41, 5.74) is 4.04. The minimum absolute atomic E-state index is 0.0383. The topological polar surface area (TPSA) is 43.1 Å². The van der Waals surface area contributed by atoms with Crippen molar-refractivity contribution in [3.8, 4) is 22.4 Å². The molecule has 0 N–H and O–H groups in total. The van der Waals surface area contributed by atoms with Gasteiger partial charge in [-0.2, -0.15) is 0 Å². The van der Waals surface area contributed by atoms with Gasteiger partial charge in [0.05, 0.1) is 10.7 Å². The number of Topliss-reactive ketones (excluding diaryl/α,β-unsaturated/α-hetero) is 1. The molecule has 2 aromatic heterocycles. The molecule has 0 spiro atoms. The molecule has 2 aromatic carbocycles. The minimum Gasteiger partial charge on any atom is -0.434 e. The maximum atomic E-state index is 13.1. The third-order valence-corrected chi connectivity index (χ3v) is 6.43. The second-order valence-electron chi connectivity index (χ2n) is 8.71. The fraction of sp³-hybridized carbons (Fsp3) is 0.231. The zero-order valence-corrected chi connectivity index (χ0v) is 21.3. The molecule has 0 atom stereocenters. The van der Waals surface area contributed by atoms with E-state index in [0.29, 0.717) is 33.6 Å². The molecular formula is C26H22BrCl2NO2. The number of aromatic nitrogens is 1. The average molecular weight is 531 g/mol. The number of rotatable bonds is 4. The first-order chi connectivity index (χ1) is 15.1. The molecule has 3 nitrogen and oxygen atoms in total. The van der Waals surface area contributed by atoms with Gasteiger partial charge >= 0.3 is 0 Å². The fourth-order valence-electron chi connectivity index (χ4n) is 3.68. The Hall–Kier alpha value is -2.14. The number of halogens is 3. The van der Waals surface area contributed by atoms with Crippen LogP contribution in [0.3, 0.4) is 0 Å². The molecule has 0 radical (unpaired) electrons. The number of carbonyl (C=O) groups is 1. The first-order valence-electron chi connectivity index (χ1n) is 10.3. The van der Waals surface area contributed by atoms with Gasteiger partial charge < -0.3 is 4.42 Å². The Morgan fingerprint density at radius 1 is 1.03 bits per heavy atom. The van der Waals surface area contributed by atoms with Gasteiger partial charge in [0, 0.05) is 37.0 Å². The van der Waals surface area contributed by atoms with Gasteiger partial charge in [-0.05, 0) is 42.3 Å². The molecule has 0 aliphatic rings. The Kier molecular flexibility index (Phi) is 6.23. The Labute approximate surface area is 205 Å². The van der Waals surface area contributed by atoms with Crippen LogP contribution in [0, 0.1) is 5.41 Å². The predicted octanol–water partition coefficient (Wildman–Crippen LogP) is 9.02. The third-order valence-electron chi connectivity index (χ3n) is 5.37. The van der Waals surface area contributed by atoms with Crippen molar-refractivity contribution in [2.45, 2.75) is 34.1 Å². The van der Waals surface area contributed by atoms with Crippen molar-refractivity contribution in [1.82, 2.24) is 4.98 Å². The maximum absolute atomic E-state index is 13.1. The van der Waals surface area contributed by atoms with E-state index >= 15 is 0 Å². The van der Waals surface area contributed by atoms with E-state index in [2.05, 4.69) is 15.9 Å². The molecule has 4 rings (SSSR count). The van der Waals surface area contributed by atoms with Crippen molar-refractivity contribution in [3.05, 3.63) is 74.4 Å². The summed E-state index contributed by atoms with van der Waals surface area (Å²) in [6.07, 6.45) is 0.657. The summed E-state index contributed by atoms with van der Waals surface area (Å²) in [7, 11) is 0. The summed E-state index contributed by atoms with van der Waals surface area (Å²) in [4.78, 5) is 18.0. The smallest absolute Gasteiger partial charge is 0.227 e. The van der Waals surface area contributed by atoms with Gasteiger partial charge in [-0.15, -0.1) is 0 Å². The van der Waals surface area contributed by atoms with E-state index in [4.69, 9.17) is 32.6 Å². The van der Waals surface area contributed by atoms with Crippen LogP contribution < -0.4 is 0 Å². The van der Waals surface area contributed by atoms with E-state index in [1.165, 1.54) is 0 Å². The second-order valence-corrected chi connectivity index (χ2v) is 10.5. The number of furan rings is 1. The van der Waals surface area contributed by atoms with E-state index in [0.717, 1.165) is 32.1 Å². The number of benzene rings is 2. The number of pyridine rings is 1. The quantitative estimate of drug-likeness (QED) is 0.247. The van der Waals surface area contributed by atoms with Crippen molar-refractivity contribution >= 4 is 56.0 Å². The zero-order valence-electron chi connectivity index (χ0n) is 18.2. The molecule has 2 heterocycles. The second kappa shape index (κ2) is 8.66. The lowest BCUT2D eigenvalue weighted by molar-refractivity contribution is 0.0829. The van der Waals surface area contributed by atoms with E-state index in [1.807, 2.05) is 76.2 Å². The van der Waals surface area contributed by atoms with Crippen molar-refractivity contribution in [1.29, 1.82) is 0 Å². The third kappa shape index (κ3) is 4.24. The number of carbonyl (C=O) groups excluding carboxylic acids is 1. The Bertz CT molecular complexity index is 1330. The van der Waals surface area contributed by atoms with Crippen LogP contribution in [0.15, 0.2) is 57.4 Å². The van der Waals surface area contributed by atoms with Gasteiger partial charge in [-0.25, -0.2) is 4.98 Å². The number of fused-ring (bicyclic) bond motifs is 1. The van der Waals surface area contributed by atoms with Crippen molar-refractivity contribution < 1.29 is 9.21 Å². The molecule has 0 unspecified atom stereocenters. The fourth-order valence-corrected chi connectivity index (χ4v) is 4.57. The molecule has 6 heteroatoms. The summed E-state index contributed by atoms with van der Waals surface area (Å²) in [6, 6.07) is 15.3. The van der Waals surface area contributed by atoms with Crippen LogP contribution in [0.5, 0.6) is 0 Å². The Morgan fingerprint density at radius 2 is 1.72 bits per heavy atom. The monoisotopic (exact) mass is 529 g/mol. The van der Waals surface area contributed by atoms with Gasteiger partial charge in [0.1, 0.15) is 0 Å². The van der Waals surface area contributed by atoms with Crippen LogP contribution in [0.25, 0.3) is 33.5 Å². The standard InChI is InChI=1S/C26H22BrCl2NO2/c1-5-17-20-13-19(14-6-9-16(28)10-7-14)22(18-11-8-15(27)12-21(18)29)30-25(20)32-23(17)24(31)26(2,3)4/h6-13H,5H2,1-4H3. The van der Waals surface area contributed by atoms with Crippen LogP contribution in [0.1, 0.15) is 43.8 Å². The number of hydrogen-bond donors (Lipinski definition) is 0. The normalized spacial score (nSPS) is 11.8. The van der Waals surface area contributed by atoms with Gasteiger partial charge in [-0.3, -0.25) is 4.79 Å². The summed E-state index contributed by atoms with van der Waals surface area (Å²) >= 11 is 16.2. The van der Waals surface area contributed by atoms with Crippen LogP contribution >= 0.6 is 39.1 Å². The van der Waals surface area contributed by atoms with Crippen molar-refractivity contribution in [3.63, 3.8) is 0 Å². The highest BCUT2D eigenvalue weighted by molar-refractivity contribution is 9.10. The minimum atomic E-state index is -0.561. The van der Waals surface area contributed by atoms with Gasteiger partial charge in [0.15, 0.2) is 5.76 Å². The average Bonchev–Trinajstić information content (AvgIpc) is 3.09. The largest absolute Gasteiger partial charge is 0.434 e. The molecule has 0 aliphatic carbocycles. The predicted molar refractivity (Wildman–Crippen MR) is 136 cm³/mol.